The summed E-state index contributed by atoms with van der Waals surface area (Å²) in [5.74, 6) is 4.75. The maximum absolute atomic E-state index is 15.4. The molecule has 6 bridgehead atoms. The highest BCUT2D eigenvalue weighted by molar-refractivity contribution is 5.77. The molecule has 0 spiro atoms. The van der Waals surface area contributed by atoms with Crippen LogP contribution >= 0.6 is 0 Å². The Morgan fingerprint density at radius 1 is 0.357 bits per heavy atom. The molecule has 6 heterocycles. The fourth-order valence-electron chi connectivity index (χ4n) is 12.9. The molecule has 0 aromatic carbocycles. The molecule has 4 saturated carbocycles. The van der Waals surface area contributed by atoms with Crippen LogP contribution < -0.4 is 31.9 Å². The third-order valence-corrected chi connectivity index (χ3v) is 14.6. The zero-order valence-electron chi connectivity index (χ0n) is 25.4. The van der Waals surface area contributed by atoms with Crippen LogP contribution in [0.15, 0.2) is 0 Å². The van der Waals surface area contributed by atoms with Gasteiger partial charge < -0.3 is 0 Å². The van der Waals surface area contributed by atoms with Crippen molar-refractivity contribution in [3.8, 4) is 0 Å². The van der Waals surface area contributed by atoms with Gasteiger partial charge in [0.05, 0.1) is 49.3 Å². The Morgan fingerprint density at radius 3 is 0.857 bits per heavy atom. The second-order valence-electron chi connectivity index (χ2n) is 16.2. The number of nitrogens with one attached hydrogen (secondary N) is 6. The standard InChI is InChI=1S/C33H54N8O/c42-33-40-29-21-13-5-6-14-22(21)31(40)38-27-19-11-3-4-12-20(19)28(35-27)39-32-24-16-8-7-15-23(24)30(41(32)33)37-26-18-10-2-1-9-17(18)25(34-26)36-29/h17-32,34-39H,1-16H2. The fraction of sp³-hybridized carbons (Fsp3) is 0.970. The molecule has 6 saturated heterocycles. The van der Waals surface area contributed by atoms with E-state index in [1.807, 2.05) is 0 Å². The monoisotopic (exact) mass is 578 g/mol. The number of carbonyl (C=O) groups excluding carboxylic acids is 1. The first kappa shape index (κ1) is 26.3. The maximum atomic E-state index is 15.4. The van der Waals surface area contributed by atoms with E-state index in [0.717, 1.165) is 0 Å². The van der Waals surface area contributed by atoms with Crippen LogP contribution in [0.5, 0.6) is 0 Å². The lowest BCUT2D eigenvalue weighted by Crippen LogP contribution is -2.70. The Morgan fingerprint density at radius 2 is 0.595 bits per heavy atom. The summed E-state index contributed by atoms with van der Waals surface area (Å²) in [6, 6.07) is 0.303. The molecule has 2 amide bonds. The highest BCUT2D eigenvalue weighted by Gasteiger charge is 2.62. The Kier molecular flexibility index (Phi) is 6.26. The zero-order valence-corrected chi connectivity index (χ0v) is 25.4. The average molecular weight is 579 g/mol. The lowest BCUT2D eigenvalue weighted by Gasteiger charge is -2.44. The van der Waals surface area contributed by atoms with Crippen LogP contribution in [0, 0.1) is 47.3 Å². The number of amides is 2. The number of carbonyl (C=O) groups is 1. The predicted octanol–water partition coefficient (Wildman–Crippen LogP) is 3.16. The lowest BCUT2D eigenvalue weighted by atomic mass is 9.76. The molecule has 0 radical (unpaired) electrons. The number of nitrogens with zero attached hydrogens (tertiary/aromatic N) is 2. The van der Waals surface area contributed by atoms with Gasteiger partial charge in [0, 0.05) is 0 Å². The Bertz CT molecular complexity index is 923. The fourth-order valence-corrected chi connectivity index (χ4v) is 12.9. The number of fused-ring (bicyclic) bond motifs is 16. The first-order valence-corrected chi connectivity index (χ1v) is 18.4. The van der Waals surface area contributed by atoms with E-state index in [0.29, 0.717) is 78.0 Å². The highest BCUT2D eigenvalue weighted by Crippen LogP contribution is 2.51. The minimum absolute atomic E-state index is 0.111. The number of rotatable bonds is 0. The number of hydrogen-bond acceptors (Lipinski definition) is 7. The van der Waals surface area contributed by atoms with Gasteiger partial charge in [0.2, 0.25) is 0 Å². The van der Waals surface area contributed by atoms with Crippen LogP contribution in [0.4, 0.5) is 4.79 Å². The molecule has 4 aliphatic carbocycles. The van der Waals surface area contributed by atoms with Gasteiger partial charge in [-0.3, -0.25) is 41.7 Å². The summed E-state index contributed by atoms with van der Waals surface area (Å²) in [5, 5.41) is 25.3. The predicted molar refractivity (Wildman–Crippen MR) is 160 cm³/mol. The number of hydrogen-bond donors (Lipinski definition) is 6. The van der Waals surface area contributed by atoms with Crippen molar-refractivity contribution in [1.29, 1.82) is 0 Å². The van der Waals surface area contributed by atoms with Crippen molar-refractivity contribution in [3.63, 3.8) is 0 Å². The second-order valence-corrected chi connectivity index (χ2v) is 16.2. The van der Waals surface area contributed by atoms with E-state index in [4.69, 9.17) is 0 Å². The van der Waals surface area contributed by atoms with Crippen LogP contribution in [0.2, 0.25) is 0 Å². The van der Waals surface area contributed by atoms with Crippen molar-refractivity contribution < 1.29 is 4.79 Å². The van der Waals surface area contributed by atoms with Crippen LogP contribution in [-0.4, -0.2) is 65.2 Å². The van der Waals surface area contributed by atoms with Gasteiger partial charge in [0.15, 0.2) is 0 Å². The van der Waals surface area contributed by atoms with E-state index >= 15 is 4.79 Å². The van der Waals surface area contributed by atoms with Crippen LogP contribution in [0.1, 0.15) is 103 Å². The zero-order chi connectivity index (χ0) is 27.5. The Balaban J connectivity index is 1.13. The molecule has 9 nitrogen and oxygen atoms in total. The molecule has 10 rings (SSSR count). The van der Waals surface area contributed by atoms with Gasteiger partial charge in [-0.05, 0) is 98.7 Å². The van der Waals surface area contributed by atoms with Crippen molar-refractivity contribution >= 4 is 6.03 Å². The van der Waals surface area contributed by atoms with Crippen molar-refractivity contribution in [2.75, 3.05) is 0 Å². The van der Waals surface area contributed by atoms with E-state index in [9.17, 15) is 0 Å². The minimum atomic E-state index is 0.111. The molecule has 232 valence electrons. The van der Waals surface area contributed by atoms with E-state index in [2.05, 4.69) is 41.7 Å². The Labute approximate surface area is 251 Å². The SMILES string of the molecule is O=C1N2C3NC4NC(NC5C6CCCCC6C(NC6NC(NC2C2CCCCC23)C2CCCCC62)N15)C1CCCCC41. The summed E-state index contributed by atoms with van der Waals surface area (Å²) in [5.41, 5.74) is 0. The summed E-state index contributed by atoms with van der Waals surface area (Å²) < 4.78 is 0. The van der Waals surface area contributed by atoms with Crippen molar-refractivity contribution in [2.45, 2.75) is 152 Å². The molecule has 10 fully saturated rings. The largest absolute Gasteiger partial charge is 0.325 e. The first-order chi connectivity index (χ1) is 20.7. The molecular formula is C33H54N8O. The van der Waals surface area contributed by atoms with Gasteiger partial charge in [0.1, 0.15) is 0 Å². The molecule has 42 heavy (non-hydrogen) atoms. The summed E-state index contributed by atoms with van der Waals surface area (Å²) in [6.45, 7) is 0. The summed E-state index contributed by atoms with van der Waals surface area (Å²) in [6.07, 6.45) is 22.5. The summed E-state index contributed by atoms with van der Waals surface area (Å²) in [4.78, 5) is 20.2. The molecule has 9 heteroatoms. The Hall–Kier alpha value is -0.970. The van der Waals surface area contributed by atoms with Gasteiger partial charge in [-0.15, -0.1) is 0 Å². The molecule has 16 unspecified atom stereocenters. The van der Waals surface area contributed by atoms with Crippen LogP contribution in [0.3, 0.4) is 0 Å². The highest BCUT2D eigenvalue weighted by atomic mass is 16.2. The molecule has 10 aliphatic rings. The third-order valence-electron chi connectivity index (χ3n) is 14.6. The normalized spacial score (nSPS) is 56.3. The van der Waals surface area contributed by atoms with E-state index < -0.39 is 0 Å². The summed E-state index contributed by atoms with van der Waals surface area (Å²) in [7, 11) is 0. The van der Waals surface area contributed by atoms with Gasteiger partial charge in [-0.25, -0.2) is 4.79 Å². The minimum Gasteiger partial charge on any atom is -0.293 e. The lowest BCUT2D eigenvalue weighted by molar-refractivity contribution is 0.0476. The van der Waals surface area contributed by atoms with Crippen LogP contribution in [0.25, 0.3) is 0 Å². The van der Waals surface area contributed by atoms with Crippen molar-refractivity contribution in [2.24, 2.45) is 47.3 Å². The molecule has 0 aromatic rings. The van der Waals surface area contributed by atoms with Crippen molar-refractivity contribution in [3.05, 3.63) is 0 Å². The smallest absolute Gasteiger partial charge is 0.293 e. The molecule has 6 aliphatic heterocycles. The topological polar surface area (TPSA) is 95.7 Å². The van der Waals surface area contributed by atoms with Gasteiger partial charge in [-0.2, -0.15) is 0 Å². The van der Waals surface area contributed by atoms with Crippen LogP contribution in [-0.2, 0) is 0 Å². The maximum Gasteiger partial charge on any atom is 0.325 e. The average Bonchev–Trinajstić information content (AvgIpc) is 3.74. The second kappa shape index (κ2) is 10.0. The third kappa shape index (κ3) is 3.73. The number of urea groups is 1. The van der Waals surface area contributed by atoms with Gasteiger partial charge >= 0.3 is 6.03 Å². The van der Waals surface area contributed by atoms with Gasteiger partial charge in [0.25, 0.3) is 0 Å². The molecule has 16 atom stereocenters. The first-order valence-electron chi connectivity index (χ1n) is 18.4. The molecule has 6 N–H and O–H groups in total. The molecular weight excluding hydrogens is 524 g/mol. The quantitative estimate of drug-likeness (QED) is 0.263. The van der Waals surface area contributed by atoms with Crippen molar-refractivity contribution in [1.82, 2.24) is 41.7 Å². The van der Waals surface area contributed by atoms with E-state index in [1.165, 1.54) is 103 Å². The van der Waals surface area contributed by atoms with Gasteiger partial charge in [-0.1, -0.05) is 51.4 Å². The molecule has 0 aromatic heterocycles. The van der Waals surface area contributed by atoms with E-state index in [1.54, 1.807) is 0 Å². The summed E-state index contributed by atoms with van der Waals surface area (Å²) >= 11 is 0. The van der Waals surface area contributed by atoms with E-state index in [-0.39, 0.29) is 24.7 Å².